The third kappa shape index (κ3) is 2.80. The number of imide groups is 1. The number of hydrogen-bond acceptors (Lipinski definition) is 5. The standard InChI is InChI=1S/C29H23BrN4O3/c1-15(2)24-22-23(27(37)33(26(22)36)17-13-11-16(30)12-14-17)29(32-24)19-8-4-6-10-21(19)34-25(35)18-7-3-5-9-20(18)31-28(29)34/h3-15,22-24,32H,1-2H3/t22-,23-,24?,29?/m1/s1. The second-order valence-electron chi connectivity index (χ2n) is 10.3. The van der Waals surface area contributed by atoms with Crippen LogP contribution < -0.4 is 15.8 Å². The fraction of sp³-hybridized carbons (Fsp3) is 0.241. The summed E-state index contributed by atoms with van der Waals surface area (Å²) in [6, 6.07) is 21.8. The quantitative estimate of drug-likeness (QED) is 0.376. The molecule has 0 bridgehead atoms. The van der Waals surface area contributed by atoms with Crippen molar-refractivity contribution in [1.82, 2.24) is 14.9 Å². The zero-order valence-electron chi connectivity index (χ0n) is 20.2. The fourth-order valence-electron chi connectivity index (χ4n) is 6.57. The van der Waals surface area contributed by atoms with Crippen molar-refractivity contribution < 1.29 is 9.59 Å². The monoisotopic (exact) mass is 554 g/mol. The van der Waals surface area contributed by atoms with E-state index in [9.17, 15) is 14.4 Å². The summed E-state index contributed by atoms with van der Waals surface area (Å²) in [5.41, 5.74) is 1.30. The van der Waals surface area contributed by atoms with Crippen molar-refractivity contribution in [3.63, 3.8) is 0 Å². The number of rotatable bonds is 2. The van der Waals surface area contributed by atoms with E-state index in [1.807, 2.05) is 54.6 Å². The highest BCUT2D eigenvalue weighted by atomic mass is 79.9. The van der Waals surface area contributed by atoms with E-state index in [0.29, 0.717) is 28.1 Å². The number of aromatic nitrogens is 2. The number of para-hydroxylation sites is 2. The Morgan fingerprint density at radius 3 is 2.38 bits per heavy atom. The SMILES string of the molecule is CC(C)C1NC2(c3ccccc3-n3c2nc2ccccc2c3=O)[C@H]2C(=O)N(c3ccc(Br)cc3)C(=O)[C@@H]12. The number of halogens is 1. The van der Waals surface area contributed by atoms with E-state index in [-0.39, 0.29) is 29.3 Å². The molecule has 2 unspecified atom stereocenters. The van der Waals surface area contributed by atoms with Gasteiger partial charge in [-0.2, -0.15) is 0 Å². The van der Waals surface area contributed by atoms with Crippen LogP contribution >= 0.6 is 15.9 Å². The molecule has 7 nitrogen and oxygen atoms in total. The van der Waals surface area contributed by atoms with Crippen molar-refractivity contribution in [2.45, 2.75) is 25.4 Å². The highest BCUT2D eigenvalue weighted by Gasteiger charge is 2.70. The maximum Gasteiger partial charge on any atom is 0.266 e. The molecule has 3 aliphatic rings. The molecule has 0 radical (unpaired) electrons. The Morgan fingerprint density at radius 1 is 0.919 bits per heavy atom. The molecule has 1 aromatic heterocycles. The lowest BCUT2D eigenvalue weighted by atomic mass is 9.75. The number of carbonyl (C=O) groups is 2. The fourth-order valence-corrected chi connectivity index (χ4v) is 6.83. The molecular weight excluding hydrogens is 532 g/mol. The van der Waals surface area contributed by atoms with Gasteiger partial charge in [-0.15, -0.1) is 0 Å². The van der Waals surface area contributed by atoms with Crippen LogP contribution in [-0.4, -0.2) is 27.4 Å². The van der Waals surface area contributed by atoms with Crippen molar-refractivity contribution in [3.05, 3.63) is 99.0 Å². The molecule has 0 aliphatic carbocycles. The number of nitrogens with zero attached hydrogens (tertiary/aromatic N) is 3. The zero-order chi connectivity index (χ0) is 25.6. The second-order valence-corrected chi connectivity index (χ2v) is 11.2. The maximum atomic E-state index is 14.3. The van der Waals surface area contributed by atoms with Gasteiger partial charge in [0.05, 0.1) is 34.1 Å². The van der Waals surface area contributed by atoms with Gasteiger partial charge in [0.15, 0.2) is 0 Å². The molecule has 3 aromatic carbocycles. The van der Waals surface area contributed by atoms with Crippen LogP contribution in [0.3, 0.4) is 0 Å². The van der Waals surface area contributed by atoms with Crippen LogP contribution in [0, 0.1) is 17.8 Å². The lowest BCUT2D eigenvalue weighted by Gasteiger charge is -2.32. The Morgan fingerprint density at radius 2 is 1.62 bits per heavy atom. The lowest BCUT2D eigenvalue weighted by molar-refractivity contribution is -0.123. The van der Waals surface area contributed by atoms with E-state index >= 15 is 0 Å². The van der Waals surface area contributed by atoms with Crippen molar-refractivity contribution in [1.29, 1.82) is 0 Å². The highest BCUT2D eigenvalue weighted by Crippen LogP contribution is 2.56. The van der Waals surface area contributed by atoms with Gasteiger partial charge in [0.25, 0.3) is 5.56 Å². The van der Waals surface area contributed by atoms with Gasteiger partial charge < -0.3 is 0 Å². The smallest absolute Gasteiger partial charge is 0.266 e. The molecule has 37 heavy (non-hydrogen) atoms. The summed E-state index contributed by atoms with van der Waals surface area (Å²) in [5, 5.41) is 4.23. The first-order valence-corrected chi connectivity index (χ1v) is 13.2. The number of amides is 2. The number of carbonyl (C=O) groups excluding carboxylic acids is 2. The molecule has 2 saturated heterocycles. The van der Waals surface area contributed by atoms with E-state index in [0.717, 1.165) is 10.0 Å². The molecule has 1 spiro atoms. The first-order chi connectivity index (χ1) is 17.8. The first kappa shape index (κ1) is 22.6. The second kappa shape index (κ2) is 7.69. The Labute approximate surface area is 221 Å². The van der Waals surface area contributed by atoms with Crippen molar-refractivity contribution in [2.24, 2.45) is 17.8 Å². The van der Waals surface area contributed by atoms with Crippen LogP contribution in [0.4, 0.5) is 5.69 Å². The molecule has 7 rings (SSSR count). The molecular formula is C29H23BrN4O3. The van der Waals surface area contributed by atoms with Crippen molar-refractivity contribution >= 4 is 44.3 Å². The van der Waals surface area contributed by atoms with Gasteiger partial charge in [0.2, 0.25) is 11.8 Å². The molecule has 4 atom stereocenters. The van der Waals surface area contributed by atoms with E-state index in [4.69, 9.17) is 4.98 Å². The summed E-state index contributed by atoms with van der Waals surface area (Å²) < 4.78 is 2.49. The van der Waals surface area contributed by atoms with Crippen LogP contribution in [0.2, 0.25) is 0 Å². The minimum Gasteiger partial charge on any atom is -0.296 e. The summed E-state index contributed by atoms with van der Waals surface area (Å²) in [6.45, 7) is 4.10. The normalized spacial score (nSPS) is 25.8. The third-order valence-corrected chi connectivity index (χ3v) is 8.63. The van der Waals surface area contributed by atoms with Crippen LogP contribution in [-0.2, 0) is 15.1 Å². The molecule has 2 fully saturated rings. The average Bonchev–Trinajstić information content (AvgIpc) is 3.49. The maximum absolute atomic E-state index is 14.3. The lowest BCUT2D eigenvalue weighted by Crippen LogP contribution is -2.51. The van der Waals surface area contributed by atoms with Gasteiger partial charge in [-0.25, -0.2) is 9.88 Å². The Hall–Kier alpha value is -3.62. The van der Waals surface area contributed by atoms with Gasteiger partial charge in [0.1, 0.15) is 11.4 Å². The highest BCUT2D eigenvalue weighted by molar-refractivity contribution is 9.10. The molecule has 3 aliphatic heterocycles. The van der Waals surface area contributed by atoms with Crippen LogP contribution in [0.25, 0.3) is 16.6 Å². The molecule has 1 N–H and O–H groups in total. The average molecular weight is 555 g/mol. The molecule has 4 heterocycles. The van der Waals surface area contributed by atoms with Gasteiger partial charge in [-0.05, 0) is 48.4 Å². The number of anilines is 1. The van der Waals surface area contributed by atoms with E-state index in [2.05, 4.69) is 35.1 Å². The van der Waals surface area contributed by atoms with E-state index in [1.54, 1.807) is 22.8 Å². The minimum atomic E-state index is -1.11. The molecule has 0 saturated carbocycles. The third-order valence-electron chi connectivity index (χ3n) is 8.10. The van der Waals surface area contributed by atoms with Crippen LogP contribution in [0.15, 0.2) is 82.1 Å². The van der Waals surface area contributed by atoms with Crippen LogP contribution in [0.5, 0.6) is 0 Å². The van der Waals surface area contributed by atoms with Crippen molar-refractivity contribution in [3.8, 4) is 5.69 Å². The summed E-state index contributed by atoms with van der Waals surface area (Å²) in [4.78, 5) is 48.5. The predicted molar refractivity (Wildman–Crippen MR) is 143 cm³/mol. The minimum absolute atomic E-state index is 0.0573. The molecule has 4 aromatic rings. The Kier molecular flexibility index (Phi) is 4.69. The number of benzene rings is 3. The summed E-state index contributed by atoms with van der Waals surface area (Å²) in [7, 11) is 0. The summed E-state index contributed by atoms with van der Waals surface area (Å²) in [5.74, 6) is -1.33. The largest absolute Gasteiger partial charge is 0.296 e. The predicted octanol–water partition coefficient (Wildman–Crippen LogP) is 4.14. The summed E-state index contributed by atoms with van der Waals surface area (Å²) >= 11 is 3.43. The van der Waals surface area contributed by atoms with Gasteiger partial charge in [-0.1, -0.05) is 60.1 Å². The van der Waals surface area contributed by atoms with E-state index in [1.165, 1.54) is 4.90 Å². The number of fused-ring (bicyclic) bond motifs is 8. The zero-order valence-corrected chi connectivity index (χ0v) is 21.8. The van der Waals surface area contributed by atoms with Crippen LogP contribution in [0.1, 0.15) is 25.2 Å². The Bertz CT molecular complexity index is 1700. The number of nitrogens with one attached hydrogen (secondary N) is 1. The van der Waals surface area contributed by atoms with E-state index < -0.39 is 17.4 Å². The van der Waals surface area contributed by atoms with Crippen molar-refractivity contribution in [2.75, 3.05) is 4.90 Å². The van der Waals surface area contributed by atoms with Gasteiger partial charge in [0, 0.05) is 16.1 Å². The molecule has 184 valence electrons. The summed E-state index contributed by atoms with van der Waals surface area (Å²) in [6.07, 6.45) is 0. The molecule has 8 heteroatoms. The molecule has 2 amide bonds. The number of hydrogen-bond donors (Lipinski definition) is 1. The van der Waals surface area contributed by atoms with Gasteiger partial charge in [-0.3, -0.25) is 24.3 Å². The Balaban J connectivity index is 1.53. The first-order valence-electron chi connectivity index (χ1n) is 12.4. The topological polar surface area (TPSA) is 84.3 Å². The van der Waals surface area contributed by atoms with Gasteiger partial charge >= 0.3 is 0 Å².